The Morgan fingerprint density at radius 2 is 1.64 bits per heavy atom. The maximum absolute atomic E-state index is 13.3. The number of carbonyl (C=O) groups excluding carboxylic acids is 3. The zero-order valence-corrected chi connectivity index (χ0v) is 24.2. The number of phosphoric ester groups is 1. The van der Waals surface area contributed by atoms with Crippen molar-refractivity contribution in [3.8, 4) is 16.9 Å². The van der Waals surface area contributed by atoms with E-state index in [0.717, 1.165) is 22.3 Å². The highest BCUT2D eigenvalue weighted by Crippen LogP contribution is 2.50. The number of nitrogens with one attached hydrogen (secondary N) is 2. The summed E-state index contributed by atoms with van der Waals surface area (Å²) in [5.41, 5.74) is 10.5. The largest absolute Gasteiger partial charge is 0.527 e. The molecule has 0 aromatic heterocycles. The average Bonchev–Trinajstić information content (AvgIpc) is 3.30. The second kappa shape index (κ2) is 12.9. The molecule has 14 heteroatoms. The lowest BCUT2D eigenvalue weighted by molar-refractivity contribution is -0.137. The molecule has 0 fully saturated rings. The third kappa shape index (κ3) is 7.08. The van der Waals surface area contributed by atoms with E-state index in [9.17, 15) is 28.6 Å². The van der Waals surface area contributed by atoms with E-state index in [0.29, 0.717) is 11.1 Å². The van der Waals surface area contributed by atoms with Gasteiger partial charge in [0.2, 0.25) is 11.8 Å². The fourth-order valence-corrected chi connectivity index (χ4v) is 6.10. The van der Waals surface area contributed by atoms with Crippen molar-refractivity contribution in [2.24, 2.45) is 5.73 Å². The number of carboxylic acid groups (broad SMARTS) is 1. The molecule has 3 atom stereocenters. The number of hydrogen-bond acceptors (Lipinski definition) is 8. The highest BCUT2D eigenvalue weighted by Gasteiger charge is 2.32. The van der Waals surface area contributed by atoms with Crippen LogP contribution in [-0.4, -0.2) is 52.6 Å². The topological polar surface area (TPSA) is 204 Å². The highest BCUT2D eigenvalue weighted by molar-refractivity contribution is 7.47. The van der Waals surface area contributed by atoms with Crippen LogP contribution in [0.1, 0.15) is 41.0 Å². The Labute approximate surface area is 251 Å². The molecule has 0 radical (unpaired) electrons. The van der Waals surface area contributed by atoms with E-state index < -0.39 is 50.2 Å². The third-order valence-electron chi connectivity index (χ3n) is 7.42. The van der Waals surface area contributed by atoms with Gasteiger partial charge < -0.3 is 30.7 Å². The van der Waals surface area contributed by atoms with E-state index in [1.165, 1.54) is 6.07 Å². The number of primary amides is 1. The van der Waals surface area contributed by atoms with Crippen LogP contribution in [0.2, 0.25) is 0 Å². The average molecular weight is 624 g/mol. The third-order valence-corrected chi connectivity index (χ3v) is 8.30. The fraction of sp³-hybridized carbons (Fsp3) is 0.267. The van der Waals surface area contributed by atoms with Crippen molar-refractivity contribution in [1.29, 1.82) is 0 Å². The number of alkyl carbamates (subject to hydrolysis) is 1. The number of amides is 3. The Morgan fingerprint density at radius 3 is 2.27 bits per heavy atom. The second-order valence-corrected chi connectivity index (χ2v) is 11.8. The van der Waals surface area contributed by atoms with Gasteiger partial charge in [0.05, 0.1) is 6.61 Å². The first kappa shape index (κ1) is 30.7. The summed E-state index contributed by atoms with van der Waals surface area (Å²) in [5.74, 6) is -2.99. The number of ether oxygens (including phenoxy) is 1. The molecule has 0 bridgehead atoms. The Kier molecular flexibility index (Phi) is 9.00. The van der Waals surface area contributed by atoms with Crippen LogP contribution >= 0.6 is 7.82 Å². The standard InChI is InChI=1S/C30H30N3O10P/c31-28(36)24(10-12-27(34)35)32-29(37)25(14-17-9-11-26-18(13-17)15-42-44(39,40)43-26)33-30(38)41-16-23-21-7-3-1-5-19(21)20-6-2-4-8-22(20)23/h1-9,11,13,23-25H,10,12,14-16H2,(H2,31,36)(H,32,37)(H,33,38)(H,34,35)(H,39,40)/t24-,25-/m0/s1. The molecule has 3 aromatic carbocycles. The maximum Gasteiger partial charge on any atom is 0.527 e. The molecule has 2 aliphatic rings. The fourth-order valence-electron chi connectivity index (χ4n) is 5.32. The van der Waals surface area contributed by atoms with Gasteiger partial charge in [-0.05, 0) is 46.4 Å². The molecule has 5 rings (SSSR count). The van der Waals surface area contributed by atoms with E-state index in [-0.39, 0.29) is 37.7 Å². The summed E-state index contributed by atoms with van der Waals surface area (Å²) < 4.78 is 27.2. The van der Waals surface area contributed by atoms with Gasteiger partial charge in [0.15, 0.2) is 0 Å². The van der Waals surface area contributed by atoms with Crippen LogP contribution < -0.4 is 20.9 Å². The van der Waals surface area contributed by atoms with Gasteiger partial charge in [0.1, 0.15) is 24.4 Å². The molecule has 0 spiro atoms. The molecule has 13 nitrogen and oxygen atoms in total. The van der Waals surface area contributed by atoms with Crippen molar-refractivity contribution in [2.75, 3.05) is 6.61 Å². The molecule has 1 aliphatic heterocycles. The van der Waals surface area contributed by atoms with E-state index >= 15 is 0 Å². The van der Waals surface area contributed by atoms with E-state index in [2.05, 4.69) is 10.6 Å². The van der Waals surface area contributed by atoms with Crippen LogP contribution in [0.4, 0.5) is 4.79 Å². The van der Waals surface area contributed by atoms with Crippen LogP contribution in [0, 0.1) is 0 Å². The lowest BCUT2D eigenvalue weighted by Gasteiger charge is -2.24. The lowest BCUT2D eigenvalue weighted by Crippen LogP contribution is -2.54. The maximum atomic E-state index is 13.3. The number of fused-ring (bicyclic) bond motifs is 4. The monoisotopic (exact) mass is 623 g/mol. The number of hydrogen-bond donors (Lipinski definition) is 5. The predicted molar refractivity (Wildman–Crippen MR) is 155 cm³/mol. The molecule has 1 heterocycles. The molecule has 1 unspecified atom stereocenters. The Hall–Kier alpha value is -4.71. The van der Waals surface area contributed by atoms with Crippen molar-refractivity contribution in [2.45, 2.75) is 43.9 Å². The number of carbonyl (C=O) groups is 4. The smallest absolute Gasteiger partial charge is 0.481 e. The van der Waals surface area contributed by atoms with Gasteiger partial charge in [-0.25, -0.2) is 9.36 Å². The minimum Gasteiger partial charge on any atom is -0.481 e. The van der Waals surface area contributed by atoms with Crippen LogP contribution in [0.25, 0.3) is 11.1 Å². The van der Waals surface area contributed by atoms with Crippen LogP contribution in [-0.2, 0) is 41.2 Å². The lowest BCUT2D eigenvalue weighted by atomic mass is 9.98. The van der Waals surface area contributed by atoms with Crippen molar-refractivity contribution in [3.05, 3.63) is 89.0 Å². The van der Waals surface area contributed by atoms with E-state index in [4.69, 9.17) is 24.6 Å². The minimum atomic E-state index is -4.22. The summed E-state index contributed by atoms with van der Waals surface area (Å²) in [6, 6.07) is 17.6. The number of rotatable bonds is 11. The van der Waals surface area contributed by atoms with Gasteiger partial charge >= 0.3 is 19.9 Å². The van der Waals surface area contributed by atoms with E-state index in [1.807, 2.05) is 48.5 Å². The van der Waals surface area contributed by atoms with Crippen molar-refractivity contribution in [3.63, 3.8) is 0 Å². The highest BCUT2D eigenvalue weighted by atomic mass is 31.2. The van der Waals surface area contributed by atoms with Crippen LogP contribution in [0.5, 0.6) is 5.75 Å². The molecule has 6 N–H and O–H groups in total. The summed E-state index contributed by atoms with van der Waals surface area (Å²) >= 11 is 0. The number of carboxylic acids is 1. The normalized spacial score (nSPS) is 18.0. The number of aliphatic carboxylic acids is 1. The van der Waals surface area contributed by atoms with E-state index in [1.54, 1.807) is 12.1 Å². The molecule has 230 valence electrons. The molecular weight excluding hydrogens is 593 g/mol. The first-order valence-electron chi connectivity index (χ1n) is 13.7. The van der Waals surface area contributed by atoms with Gasteiger partial charge in [-0.3, -0.25) is 23.8 Å². The summed E-state index contributed by atoms with van der Waals surface area (Å²) in [5, 5.41) is 14.0. The van der Waals surface area contributed by atoms with Crippen molar-refractivity contribution < 1.29 is 47.5 Å². The Morgan fingerprint density at radius 1 is 0.977 bits per heavy atom. The van der Waals surface area contributed by atoms with Gasteiger partial charge in [0.25, 0.3) is 0 Å². The molecule has 0 saturated carbocycles. The molecular formula is C30H30N3O10P. The van der Waals surface area contributed by atoms with Crippen molar-refractivity contribution >= 4 is 31.7 Å². The zero-order valence-electron chi connectivity index (χ0n) is 23.3. The SMILES string of the molecule is NC(=O)[C@H](CCC(=O)O)NC(=O)[C@H](Cc1ccc2c(c1)COP(=O)(O)O2)NC(=O)OCC1c2ccccc2-c2ccccc21. The molecule has 1 aliphatic carbocycles. The summed E-state index contributed by atoms with van der Waals surface area (Å²) in [4.78, 5) is 59.0. The number of nitrogens with two attached hydrogens (primary N) is 1. The van der Waals surface area contributed by atoms with Gasteiger partial charge in [-0.1, -0.05) is 54.6 Å². The van der Waals surface area contributed by atoms with Gasteiger partial charge in [-0.2, -0.15) is 0 Å². The zero-order chi connectivity index (χ0) is 31.4. The Bertz CT molecular complexity index is 1620. The quantitative estimate of drug-likeness (QED) is 0.198. The van der Waals surface area contributed by atoms with Crippen LogP contribution in [0.3, 0.4) is 0 Å². The van der Waals surface area contributed by atoms with Crippen LogP contribution in [0.15, 0.2) is 66.7 Å². The molecule has 44 heavy (non-hydrogen) atoms. The predicted octanol–water partition coefficient (Wildman–Crippen LogP) is 2.98. The Balaban J connectivity index is 1.32. The van der Waals surface area contributed by atoms with Crippen molar-refractivity contribution in [1.82, 2.24) is 10.6 Å². The second-order valence-electron chi connectivity index (χ2n) is 10.4. The summed E-state index contributed by atoms with van der Waals surface area (Å²) in [6.45, 7) is -0.224. The van der Waals surface area contributed by atoms with Gasteiger partial charge in [0, 0.05) is 24.3 Å². The summed E-state index contributed by atoms with van der Waals surface area (Å²) in [6.07, 6.45) is -1.65. The summed E-state index contributed by atoms with van der Waals surface area (Å²) in [7, 11) is -4.22. The number of phosphoric acid groups is 1. The molecule has 3 aromatic rings. The molecule has 0 saturated heterocycles. The minimum absolute atomic E-state index is 0.00847. The number of benzene rings is 3. The molecule has 3 amide bonds. The van der Waals surface area contributed by atoms with Gasteiger partial charge in [-0.15, -0.1) is 0 Å². The first-order chi connectivity index (χ1) is 21.0. The first-order valence-corrected chi connectivity index (χ1v) is 15.2.